The summed E-state index contributed by atoms with van der Waals surface area (Å²) in [5, 5.41) is 10.8. The fraction of sp³-hybridized carbons (Fsp3) is 0.400. The highest BCUT2D eigenvalue weighted by Gasteiger charge is 2.14. The second kappa shape index (κ2) is 4.72. The van der Waals surface area contributed by atoms with Crippen LogP contribution in [0.4, 0.5) is 0 Å². The molecule has 0 aromatic heterocycles. The van der Waals surface area contributed by atoms with E-state index in [0.717, 1.165) is 0 Å². The summed E-state index contributed by atoms with van der Waals surface area (Å²) in [5.41, 5.74) is 0.560. The van der Waals surface area contributed by atoms with Crippen LogP contribution >= 0.6 is 0 Å². The average Bonchev–Trinajstić information content (AvgIpc) is 2.26. The molecule has 0 N–H and O–H groups in total. The Labute approximate surface area is 83.0 Å². The summed E-state index contributed by atoms with van der Waals surface area (Å²) in [6.45, 7) is -0.344. The number of hydrogen-bond donors (Lipinski definition) is 0. The molecule has 0 heterocycles. The molecule has 0 saturated heterocycles. The molecule has 0 aliphatic carbocycles. The standard InChI is InChI=1S/C10H13O4/c1-12-8-5-4-7(6-11)9(13-2)10(8)14-3/h4-5H,6H2,1-3H3. The zero-order valence-electron chi connectivity index (χ0n) is 8.49. The molecular weight excluding hydrogens is 184 g/mol. The van der Waals surface area contributed by atoms with Crippen molar-refractivity contribution < 1.29 is 19.3 Å². The number of hydrogen-bond acceptors (Lipinski definition) is 3. The van der Waals surface area contributed by atoms with Crippen LogP contribution in [-0.4, -0.2) is 21.3 Å². The monoisotopic (exact) mass is 197 g/mol. The van der Waals surface area contributed by atoms with E-state index in [2.05, 4.69) is 0 Å². The van der Waals surface area contributed by atoms with Crippen LogP contribution < -0.4 is 14.2 Å². The second-order valence-electron chi connectivity index (χ2n) is 2.64. The van der Waals surface area contributed by atoms with Crippen LogP contribution in [0.5, 0.6) is 17.2 Å². The van der Waals surface area contributed by atoms with Crippen LogP contribution in [-0.2, 0) is 11.7 Å². The van der Waals surface area contributed by atoms with E-state index in [0.29, 0.717) is 22.8 Å². The lowest BCUT2D eigenvalue weighted by molar-refractivity contribution is 0.173. The van der Waals surface area contributed by atoms with E-state index in [4.69, 9.17) is 14.2 Å². The second-order valence-corrected chi connectivity index (χ2v) is 2.64. The molecule has 4 nitrogen and oxygen atoms in total. The van der Waals surface area contributed by atoms with Gasteiger partial charge in [-0.05, 0) is 12.1 Å². The van der Waals surface area contributed by atoms with Gasteiger partial charge in [-0.1, -0.05) is 0 Å². The van der Waals surface area contributed by atoms with Gasteiger partial charge >= 0.3 is 0 Å². The molecule has 0 fully saturated rings. The first-order valence-electron chi connectivity index (χ1n) is 4.14. The van der Waals surface area contributed by atoms with Crippen LogP contribution in [0.25, 0.3) is 0 Å². The van der Waals surface area contributed by atoms with Gasteiger partial charge in [0.2, 0.25) is 5.75 Å². The Kier molecular flexibility index (Phi) is 3.59. The number of rotatable bonds is 4. The fourth-order valence-corrected chi connectivity index (χ4v) is 1.28. The van der Waals surface area contributed by atoms with Gasteiger partial charge in [0.25, 0.3) is 0 Å². The van der Waals surface area contributed by atoms with Gasteiger partial charge in [-0.2, -0.15) is 0 Å². The molecule has 0 spiro atoms. The Morgan fingerprint density at radius 2 is 1.64 bits per heavy atom. The molecule has 0 bridgehead atoms. The molecule has 1 radical (unpaired) electrons. The van der Waals surface area contributed by atoms with Gasteiger partial charge < -0.3 is 14.2 Å². The molecule has 0 amide bonds. The maximum absolute atomic E-state index is 10.8. The van der Waals surface area contributed by atoms with E-state index < -0.39 is 0 Å². The summed E-state index contributed by atoms with van der Waals surface area (Å²) in [6.07, 6.45) is 0. The maximum atomic E-state index is 10.8. The predicted molar refractivity (Wildman–Crippen MR) is 50.5 cm³/mol. The van der Waals surface area contributed by atoms with Crippen LogP contribution in [0.15, 0.2) is 12.1 Å². The molecule has 0 saturated carbocycles. The summed E-state index contributed by atoms with van der Waals surface area (Å²) in [4.78, 5) is 0. The predicted octanol–water partition coefficient (Wildman–Crippen LogP) is 1.64. The van der Waals surface area contributed by atoms with Crippen molar-refractivity contribution in [3.8, 4) is 17.2 Å². The molecule has 77 valence electrons. The highest BCUT2D eigenvalue weighted by atomic mass is 16.5. The highest BCUT2D eigenvalue weighted by molar-refractivity contribution is 5.55. The average molecular weight is 197 g/mol. The van der Waals surface area contributed by atoms with Gasteiger partial charge in [-0.25, -0.2) is 5.11 Å². The number of methoxy groups -OCH3 is 3. The third kappa shape index (κ3) is 1.75. The molecular formula is C10H13O4. The van der Waals surface area contributed by atoms with Crippen molar-refractivity contribution in [2.24, 2.45) is 0 Å². The minimum absolute atomic E-state index is 0.344. The van der Waals surface area contributed by atoms with Crippen molar-refractivity contribution in [3.63, 3.8) is 0 Å². The molecule has 1 aromatic carbocycles. The van der Waals surface area contributed by atoms with Crippen molar-refractivity contribution in [2.75, 3.05) is 21.3 Å². The Balaban J connectivity index is 3.28. The van der Waals surface area contributed by atoms with E-state index in [1.807, 2.05) is 0 Å². The molecule has 14 heavy (non-hydrogen) atoms. The van der Waals surface area contributed by atoms with Crippen LogP contribution in [0.1, 0.15) is 5.56 Å². The van der Waals surface area contributed by atoms with E-state index in [-0.39, 0.29) is 6.61 Å². The van der Waals surface area contributed by atoms with Gasteiger partial charge in [0.15, 0.2) is 11.5 Å². The molecule has 1 rings (SSSR count). The topological polar surface area (TPSA) is 47.6 Å². The first-order valence-corrected chi connectivity index (χ1v) is 4.14. The fourth-order valence-electron chi connectivity index (χ4n) is 1.28. The zero-order valence-corrected chi connectivity index (χ0v) is 8.49. The summed E-state index contributed by atoms with van der Waals surface area (Å²) in [5.74, 6) is 1.46. The van der Waals surface area contributed by atoms with E-state index in [9.17, 15) is 5.11 Å². The van der Waals surface area contributed by atoms with Crippen molar-refractivity contribution >= 4 is 0 Å². The lowest BCUT2D eigenvalue weighted by Gasteiger charge is -2.13. The Morgan fingerprint density at radius 1 is 1.00 bits per heavy atom. The van der Waals surface area contributed by atoms with Gasteiger partial charge in [0.05, 0.1) is 21.3 Å². The van der Waals surface area contributed by atoms with E-state index >= 15 is 0 Å². The van der Waals surface area contributed by atoms with E-state index in [1.165, 1.54) is 21.3 Å². The highest BCUT2D eigenvalue weighted by Crippen LogP contribution is 2.39. The largest absolute Gasteiger partial charge is 0.493 e. The Hall–Kier alpha value is -1.42. The minimum Gasteiger partial charge on any atom is -0.493 e. The van der Waals surface area contributed by atoms with E-state index in [1.54, 1.807) is 12.1 Å². The minimum atomic E-state index is -0.344. The van der Waals surface area contributed by atoms with Gasteiger partial charge in [0.1, 0.15) is 6.61 Å². The summed E-state index contributed by atoms with van der Waals surface area (Å²) in [7, 11) is 4.54. The summed E-state index contributed by atoms with van der Waals surface area (Å²) >= 11 is 0. The lowest BCUT2D eigenvalue weighted by Crippen LogP contribution is -1.98. The molecule has 0 atom stereocenters. The number of benzene rings is 1. The first-order chi connectivity index (χ1) is 6.78. The number of ether oxygens (including phenoxy) is 3. The molecule has 4 heteroatoms. The molecule has 0 aliphatic rings. The lowest BCUT2D eigenvalue weighted by atomic mass is 10.2. The normalized spacial score (nSPS) is 9.71. The maximum Gasteiger partial charge on any atom is 0.203 e. The smallest absolute Gasteiger partial charge is 0.203 e. The summed E-state index contributed by atoms with van der Waals surface area (Å²) in [6, 6.07) is 3.36. The van der Waals surface area contributed by atoms with Crippen molar-refractivity contribution in [3.05, 3.63) is 17.7 Å². The summed E-state index contributed by atoms with van der Waals surface area (Å²) < 4.78 is 15.3. The van der Waals surface area contributed by atoms with Crippen LogP contribution in [0, 0.1) is 0 Å². The quantitative estimate of drug-likeness (QED) is 0.737. The molecule has 0 unspecified atom stereocenters. The molecule has 1 aromatic rings. The first kappa shape index (κ1) is 10.7. The SMILES string of the molecule is COc1ccc(C[O])c(OC)c1OC. The van der Waals surface area contributed by atoms with Crippen molar-refractivity contribution in [1.29, 1.82) is 0 Å². The zero-order chi connectivity index (χ0) is 10.6. The van der Waals surface area contributed by atoms with Crippen molar-refractivity contribution in [2.45, 2.75) is 6.61 Å². The Bertz CT molecular complexity index is 278. The van der Waals surface area contributed by atoms with Crippen molar-refractivity contribution in [1.82, 2.24) is 0 Å². The van der Waals surface area contributed by atoms with Crippen LogP contribution in [0.3, 0.4) is 0 Å². The van der Waals surface area contributed by atoms with Crippen LogP contribution in [0.2, 0.25) is 0 Å². The third-order valence-electron chi connectivity index (χ3n) is 1.94. The van der Waals surface area contributed by atoms with Gasteiger partial charge in [-0.15, -0.1) is 0 Å². The van der Waals surface area contributed by atoms with Gasteiger partial charge in [-0.3, -0.25) is 0 Å². The third-order valence-corrected chi connectivity index (χ3v) is 1.94. The van der Waals surface area contributed by atoms with Gasteiger partial charge in [0, 0.05) is 5.56 Å². The molecule has 0 aliphatic heterocycles. The Morgan fingerprint density at radius 3 is 2.07 bits per heavy atom.